The fourth-order valence-electron chi connectivity index (χ4n) is 2.66. The molecule has 0 aliphatic heterocycles. The van der Waals surface area contributed by atoms with E-state index in [0.29, 0.717) is 21.5 Å². The highest BCUT2D eigenvalue weighted by atomic mass is 127. The summed E-state index contributed by atoms with van der Waals surface area (Å²) in [5, 5.41) is 11.7. The van der Waals surface area contributed by atoms with E-state index in [9.17, 15) is 9.90 Å². The van der Waals surface area contributed by atoms with Crippen LogP contribution in [0.25, 0.3) is 22.0 Å². The highest BCUT2D eigenvalue weighted by Crippen LogP contribution is 2.35. The van der Waals surface area contributed by atoms with Gasteiger partial charge < -0.3 is 10.1 Å². The first-order valence-corrected chi connectivity index (χ1v) is 8.15. The van der Waals surface area contributed by atoms with Crippen LogP contribution in [0.5, 0.6) is 5.75 Å². The average molecular weight is 426 g/mol. The molecule has 22 heavy (non-hydrogen) atoms. The first-order valence-electron chi connectivity index (χ1n) is 6.69. The minimum absolute atomic E-state index is 0.0154. The van der Waals surface area contributed by atoms with Gasteiger partial charge >= 0.3 is 0 Å². The van der Waals surface area contributed by atoms with E-state index >= 15 is 0 Å². The van der Waals surface area contributed by atoms with Gasteiger partial charge in [-0.2, -0.15) is 0 Å². The fraction of sp³-hybridized carbons (Fsp3) is 0.118. The summed E-state index contributed by atoms with van der Waals surface area (Å²) in [6.07, 6.45) is 0. The van der Waals surface area contributed by atoms with Crippen molar-refractivity contribution in [2.45, 2.75) is 13.8 Å². The summed E-state index contributed by atoms with van der Waals surface area (Å²) in [5.41, 5.74) is 3.29. The van der Waals surface area contributed by atoms with Gasteiger partial charge in [-0.1, -0.05) is 40.9 Å². The molecular formula is C17H13ClINO2. The van der Waals surface area contributed by atoms with Crippen molar-refractivity contribution in [3.63, 3.8) is 0 Å². The predicted molar refractivity (Wildman–Crippen MR) is 98.9 cm³/mol. The van der Waals surface area contributed by atoms with Crippen molar-refractivity contribution in [1.29, 1.82) is 0 Å². The van der Waals surface area contributed by atoms with Crippen LogP contribution < -0.4 is 5.56 Å². The Hall–Kier alpha value is -1.53. The Kier molecular flexibility index (Phi) is 3.91. The molecule has 1 aromatic heterocycles. The maximum Gasteiger partial charge on any atom is 0.260 e. The lowest BCUT2D eigenvalue weighted by molar-refractivity contribution is 0.482. The third-order valence-electron chi connectivity index (χ3n) is 3.54. The van der Waals surface area contributed by atoms with Gasteiger partial charge in [-0.3, -0.25) is 4.79 Å². The predicted octanol–water partition coefficient (Wildman–Crippen LogP) is 4.78. The Morgan fingerprint density at radius 3 is 2.36 bits per heavy atom. The second-order valence-corrected chi connectivity index (χ2v) is 6.94. The maximum absolute atomic E-state index is 12.4. The molecule has 5 heteroatoms. The molecule has 0 radical (unpaired) electrons. The first kappa shape index (κ1) is 15.4. The molecule has 0 atom stereocenters. The number of aromatic hydroxyl groups is 1. The van der Waals surface area contributed by atoms with E-state index in [0.717, 1.165) is 14.7 Å². The van der Waals surface area contributed by atoms with Crippen LogP contribution in [0.15, 0.2) is 35.1 Å². The SMILES string of the molecule is Cc1cc(C)cc(-c2c(O)c3cc(I)c(Cl)cc3[nH]c2=O)c1. The van der Waals surface area contributed by atoms with Gasteiger partial charge in [-0.25, -0.2) is 0 Å². The maximum atomic E-state index is 12.4. The van der Waals surface area contributed by atoms with Crippen molar-refractivity contribution >= 4 is 45.1 Å². The van der Waals surface area contributed by atoms with E-state index in [-0.39, 0.29) is 16.9 Å². The fourth-order valence-corrected chi connectivity index (χ4v) is 3.29. The van der Waals surface area contributed by atoms with Gasteiger partial charge in [0.2, 0.25) is 0 Å². The standard InChI is InChI=1S/C17H13ClINO2/c1-8-3-9(2)5-10(4-8)15-16(21)11-6-13(19)12(18)7-14(11)20-17(15)22/h3-7H,1-2H3,(H2,20,21,22). The Bertz CT molecular complexity index is 943. The number of fused-ring (bicyclic) bond motifs is 1. The van der Waals surface area contributed by atoms with E-state index in [1.54, 1.807) is 12.1 Å². The van der Waals surface area contributed by atoms with Crippen LogP contribution in [0, 0.1) is 17.4 Å². The van der Waals surface area contributed by atoms with Crippen LogP contribution in [-0.2, 0) is 0 Å². The molecule has 0 unspecified atom stereocenters. The minimum atomic E-state index is -0.327. The van der Waals surface area contributed by atoms with Gasteiger partial charge in [0.1, 0.15) is 5.75 Å². The first-order chi connectivity index (χ1) is 10.4. The molecule has 0 bridgehead atoms. The summed E-state index contributed by atoms with van der Waals surface area (Å²) in [4.78, 5) is 15.2. The number of rotatable bonds is 1. The lowest BCUT2D eigenvalue weighted by Gasteiger charge is -2.10. The summed E-state index contributed by atoms with van der Waals surface area (Å²) < 4.78 is 0.820. The third-order valence-corrected chi connectivity index (χ3v) is 5.06. The molecule has 0 amide bonds. The summed E-state index contributed by atoms with van der Waals surface area (Å²) >= 11 is 8.18. The van der Waals surface area contributed by atoms with Gasteiger partial charge in [-0.15, -0.1) is 0 Å². The third kappa shape index (κ3) is 2.61. The number of hydrogen-bond acceptors (Lipinski definition) is 2. The van der Waals surface area contributed by atoms with E-state index in [1.807, 2.05) is 32.0 Å². The Balaban J connectivity index is 2.39. The normalized spacial score (nSPS) is 11.1. The highest BCUT2D eigenvalue weighted by Gasteiger charge is 2.15. The zero-order chi connectivity index (χ0) is 16.0. The second kappa shape index (κ2) is 5.59. The van der Waals surface area contributed by atoms with Crippen molar-refractivity contribution < 1.29 is 5.11 Å². The second-order valence-electron chi connectivity index (χ2n) is 5.37. The summed E-state index contributed by atoms with van der Waals surface area (Å²) in [6, 6.07) is 9.24. The molecular weight excluding hydrogens is 413 g/mol. The van der Waals surface area contributed by atoms with Crippen LogP contribution in [0.3, 0.4) is 0 Å². The Morgan fingerprint density at radius 1 is 1.09 bits per heavy atom. The van der Waals surface area contributed by atoms with Gasteiger partial charge in [0.05, 0.1) is 16.1 Å². The number of benzene rings is 2. The summed E-state index contributed by atoms with van der Waals surface area (Å²) in [7, 11) is 0. The smallest absolute Gasteiger partial charge is 0.260 e. The molecule has 3 aromatic rings. The van der Waals surface area contributed by atoms with Crippen LogP contribution in [0.4, 0.5) is 0 Å². The molecule has 2 N–H and O–H groups in total. The molecule has 3 rings (SSSR count). The topological polar surface area (TPSA) is 53.1 Å². The number of pyridine rings is 1. The molecule has 0 fully saturated rings. The number of halogens is 2. The zero-order valence-electron chi connectivity index (χ0n) is 12.0. The molecule has 2 aromatic carbocycles. The van der Waals surface area contributed by atoms with Gasteiger partial charge in [-0.05, 0) is 54.1 Å². The average Bonchev–Trinajstić information content (AvgIpc) is 2.40. The van der Waals surface area contributed by atoms with Gasteiger partial charge in [0, 0.05) is 8.96 Å². The number of aryl methyl sites for hydroxylation is 2. The quantitative estimate of drug-likeness (QED) is 0.552. The number of nitrogens with one attached hydrogen (secondary N) is 1. The monoisotopic (exact) mass is 425 g/mol. The summed E-state index contributed by atoms with van der Waals surface area (Å²) in [6.45, 7) is 3.93. The van der Waals surface area contributed by atoms with Crippen molar-refractivity contribution in [3.05, 3.63) is 60.4 Å². The Labute approximate surface area is 146 Å². The zero-order valence-corrected chi connectivity index (χ0v) is 14.9. The summed E-state index contributed by atoms with van der Waals surface area (Å²) in [5.74, 6) is -0.0154. The van der Waals surface area contributed by atoms with E-state index in [2.05, 4.69) is 27.6 Å². The molecule has 1 heterocycles. The lowest BCUT2D eigenvalue weighted by atomic mass is 9.99. The van der Waals surface area contributed by atoms with Crippen LogP contribution in [-0.4, -0.2) is 10.1 Å². The lowest BCUT2D eigenvalue weighted by Crippen LogP contribution is -2.09. The number of aromatic nitrogens is 1. The number of H-pyrrole nitrogens is 1. The van der Waals surface area contributed by atoms with E-state index in [4.69, 9.17) is 11.6 Å². The number of aromatic amines is 1. The molecule has 0 spiro atoms. The molecule has 0 aliphatic rings. The molecule has 112 valence electrons. The van der Waals surface area contributed by atoms with Gasteiger partial charge in [0.25, 0.3) is 5.56 Å². The minimum Gasteiger partial charge on any atom is -0.506 e. The molecule has 0 saturated carbocycles. The molecule has 0 saturated heterocycles. The highest BCUT2D eigenvalue weighted by molar-refractivity contribution is 14.1. The van der Waals surface area contributed by atoms with Crippen molar-refractivity contribution in [2.24, 2.45) is 0 Å². The largest absolute Gasteiger partial charge is 0.506 e. The van der Waals surface area contributed by atoms with Crippen molar-refractivity contribution in [3.8, 4) is 16.9 Å². The van der Waals surface area contributed by atoms with Gasteiger partial charge in [0.15, 0.2) is 0 Å². The molecule has 3 nitrogen and oxygen atoms in total. The molecule has 0 aliphatic carbocycles. The van der Waals surface area contributed by atoms with Crippen LogP contribution in [0.1, 0.15) is 11.1 Å². The Morgan fingerprint density at radius 2 is 1.73 bits per heavy atom. The van der Waals surface area contributed by atoms with Crippen LogP contribution in [0.2, 0.25) is 5.02 Å². The van der Waals surface area contributed by atoms with E-state index in [1.165, 1.54) is 0 Å². The number of hydrogen-bond donors (Lipinski definition) is 2. The van der Waals surface area contributed by atoms with E-state index < -0.39 is 0 Å². The van der Waals surface area contributed by atoms with Crippen molar-refractivity contribution in [2.75, 3.05) is 0 Å². The van der Waals surface area contributed by atoms with Crippen LogP contribution >= 0.6 is 34.2 Å². The van der Waals surface area contributed by atoms with Crippen molar-refractivity contribution in [1.82, 2.24) is 4.98 Å².